The molecule has 2 aromatic rings. The number of guanidine groups is 1. The van der Waals surface area contributed by atoms with Gasteiger partial charge in [0.15, 0.2) is 5.96 Å². The summed E-state index contributed by atoms with van der Waals surface area (Å²) in [6.07, 6.45) is 5.16. The van der Waals surface area contributed by atoms with E-state index in [1.165, 1.54) is 0 Å². The minimum atomic E-state index is 0.219. The van der Waals surface area contributed by atoms with E-state index in [0.717, 1.165) is 62.3 Å². The van der Waals surface area contributed by atoms with Crippen LogP contribution in [0.3, 0.4) is 0 Å². The van der Waals surface area contributed by atoms with Crippen molar-refractivity contribution in [3.05, 3.63) is 48.3 Å². The van der Waals surface area contributed by atoms with Gasteiger partial charge in [-0.3, -0.25) is 9.79 Å². The highest BCUT2D eigenvalue weighted by Gasteiger charge is 2.22. The third-order valence-corrected chi connectivity index (χ3v) is 5.40. The Morgan fingerprint density at radius 3 is 2.41 bits per heavy atom. The minimum absolute atomic E-state index is 0.219. The van der Waals surface area contributed by atoms with Crippen LogP contribution in [0.25, 0.3) is 0 Å². The average Bonchev–Trinajstić information content (AvgIpc) is 3.21. The molecule has 29 heavy (non-hydrogen) atoms. The Labute approximate surface area is 171 Å². The quantitative estimate of drug-likeness (QED) is 0.627. The Kier molecular flexibility index (Phi) is 5.88. The number of carbonyl (C=O) groups excluding carboxylic acids is 1. The van der Waals surface area contributed by atoms with Gasteiger partial charge in [0.1, 0.15) is 0 Å². The summed E-state index contributed by atoms with van der Waals surface area (Å²) in [7, 11) is 1.82. The van der Waals surface area contributed by atoms with Crippen LogP contribution in [0.15, 0.2) is 47.7 Å². The Balaban J connectivity index is 1.29. The normalized spacial score (nSPS) is 17.8. The first kappa shape index (κ1) is 19.2. The van der Waals surface area contributed by atoms with Gasteiger partial charge in [-0.15, -0.1) is 0 Å². The van der Waals surface area contributed by atoms with E-state index in [9.17, 15) is 4.79 Å². The lowest BCUT2D eigenvalue weighted by Crippen LogP contribution is -2.52. The molecule has 8 nitrogen and oxygen atoms in total. The molecule has 0 radical (unpaired) electrons. The van der Waals surface area contributed by atoms with Crippen LogP contribution in [0.2, 0.25) is 0 Å². The summed E-state index contributed by atoms with van der Waals surface area (Å²) >= 11 is 0. The van der Waals surface area contributed by atoms with Crippen LogP contribution in [0.5, 0.6) is 0 Å². The highest BCUT2D eigenvalue weighted by molar-refractivity contribution is 5.95. The molecule has 0 aliphatic carbocycles. The van der Waals surface area contributed by atoms with E-state index in [2.05, 4.69) is 42.2 Å². The molecule has 0 saturated carbocycles. The molecule has 3 heterocycles. The van der Waals surface area contributed by atoms with Gasteiger partial charge >= 0.3 is 0 Å². The zero-order valence-corrected chi connectivity index (χ0v) is 16.8. The number of hydrogen-bond acceptors (Lipinski definition) is 5. The second-order valence-electron chi connectivity index (χ2n) is 7.24. The number of aromatic nitrogens is 2. The smallest absolute Gasteiger partial charge is 0.227 e. The lowest BCUT2D eigenvalue weighted by molar-refractivity contribution is -0.117. The fraction of sp³-hybridized carbons (Fsp3) is 0.429. The Hall–Kier alpha value is -3.16. The van der Waals surface area contributed by atoms with Gasteiger partial charge in [0.05, 0.1) is 0 Å². The molecule has 2 fully saturated rings. The van der Waals surface area contributed by atoms with Crippen molar-refractivity contribution in [1.29, 1.82) is 0 Å². The summed E-state index contributed by atoms with van der Waals surface area (Å²) in [5, 5.41) is 3.45. The van der Waals surface area contributed by atoms with E-state index in [1.807, 2.05) is 30.1 Å². The van der Waals surface area contributed by atoms with Crippen LogP contribution in [-0.2, 0) is 11.3 Å². The topological polar surface area (TPSA) is 77.0 Å². The number of nitrogens with one attached hydrogen (secondary N) is 1. The maximum absolute atomic E-state index is 11.9. The van der Waals surface area contributed by atoms with Crippen molar-refractivity contribution in [3.63, 3.8) is 0 Å². The largest absolute Gasteiger partial charge is 0.352 e. The Morgan fingerprint density at radius 1 is 1.07 bits per heavy atom. The summed E-state index contributed by atoms with van der Waals surface area (Å²) in [6.45, 7) is 4.99. The van der Waals surface area contributed by atoms with Crippen molar-refractivity contribution in [2.45, 2.75) is 19.4 Å². The standard InChI is InChI=1S/C21H27N7O/c1-22-20(26-12-14-27(15-13-26)21-23-9-3-10-24-21)25-16-17-5-7-18(8-6-17)28-11-2-4-19(28)29/h3,5-10H,2,4,11-16H2,1H3,(H,22,25). The van der Waals surface area contributed by atoms with Crippen molar-refractivity contribution in [2.75, 3.05) is 49.6 Å². The van der Waals surface area contributed by atoms with Crippen LogP contribution in [0, 0.1) is 0 Å². The highest BCUT2D eigenvalue weighted by Crippen LogP contribution is 2.21. The van der Waals surface area contributed by atoms with Crippen LogP contribution in [0.4, 0.5) is 11.6 Å². The van der Waals surface area contributed by atoms with E-state index in [0.29, 0.717) is 13.0 Å². The number of rotatable bonds is 4. The molecule has 2 aliphatic rings. The van der Waals surface area contributed by atoms with Gasteiger partial charge in [0.2, 0.25) is 11.9 Å². The Morgan fingerprint density at radius 2 is 1.79 bits per heavy atom. The summed E-state index contributed by atoms with van der Waals surface area (Å²) in [5.74, 6) is 1.90. The molecule has 0 spiro atoms. The number of piperazine rings is 1. The lowest BCUT2D eigenvalue weighted by Gasteiger charge is -2.36. The van der Waals surface area contributed by atoms with Crippen LogP contribution in [0.1, 0.15) is 18.4 Å². The maximum Gasteiger partial charge on any atom is 0.227 e. The van der Waals surface area contributed by atoms with Gasteiger partial charge in [-0.1, -0.05) is 12.1 Å². The monoisotopic (exact) mass is 393 g/mol. The lowest BCUT2D eigenvalue weighted by atomic mass is 10.2. The molecular formula is C21H27N7O. The number of aliphatic imine (C=N–C) groups is 1. The number of carbonyl (C=O) groups is 1. The van der Waals surface area contributed by atoms with Gasteiger partial charge < -0.3 is 20.0 Å². The molecule has 1 aromatic carbocycles. The van der Waals surface area contributed by atoms with E-state index in [4.69, 9.17) is 0 Å². The fourth-order valence-corrected chi connectivity index (χ4v) is 3.80. The molecule has 0 unspecified atom stereocenters. The zero-order valence-electron chi connectivity index (χ0n) is 16.8. The number of hydrogen-bond donors (Lipinski definition) is 1. The van der Waals surface area contributed by atoms with Gasteiger partial charge in [0, 0.05) is 70.8 Å². The first-order chi connectivity index (χ1) is 14.2. The van der Waals surface area contributed by atoms with Gasteiger partial charge in [0.25, 0.3) is 0 Å². The number of benzene rings is 1. The van der Waals surface area contributed by atoms with E-state index in [1.54, 1.807) is 12.4 Å². The molecule has 4 rings (SSSR count). The number of anilines is 2. The second-order valence-corrected chi connectivity index (χ2v) is 7.24. The number of amides is 1. The van der Waals surface area contributed by atoms with E-state index >= 15 is 0 Å². The maximum atomic E-state index is 11.9. The van der Waals surface area contributed by atoms with E-state index < -0.39 is 0 Å². The van der Waals surface area contributed by atoms with Gasteiger partial charge in [-0.25, -0.2) is 9.97 Å². The van der Waals surface area contributed by atoms with Crippen LogP contribution >= 0.6 is 0 Å². The molecule has 0 bridgehead atoms. The van der Waals surface area contributed by atoms with Crippen molar-refractivity contribution >= 4 is 23.5 Å². The summed E-state index contributed by atoms with van der Waals surface area (Å²) in [5.41, 5.74) is 2.15. The molecule has 0 atom stereocenters. The average molecular weight is 393 g/mol. The molecule has 1 N–H and O–H groups in total. The zero-order chi connectivity index (χ0) is 20.1. The summed E-state index contributed by atoms with van der Waals surface area (Å²) in [6, 6.07) is 10.0. The third-order valence-electron chi connectivity index (χ3n) is 5.40. The number of nitrogens with zero attached hydrogens (tertiary/aromatic N) is 6. The minimum Gasteiger partial charge on any atom is -0.352 e. The Bertz CT molecular complexity index is 845. The molecule has 152 valence electrons. The molecule has 2 saturated heterocycles. The van der Waals surface area contributed by atoms with Gasteiger partial charge in [-0.2, -0.15) is 0 Å². The summed E-state index contributed by atoms with van der Waals surface area (Å²) in [4.78, 5) is 31.3. The van der Waals surface area contributed by atoms with Crippen molar-refractivity contribution in [2.24, 2.45) is 4.99 Å². The van der Waals surface area contributed by atoms with Crippen LogP contribution in [-0.4, -0.2) is 66.5 Å². The van der Waals surface area contributed by atoms with Crippen molar-refractivity contribution < 1.29 is 4.79 Å². The molecule has 1 amide bonds. The fourth-order valence-electron chi connectivity index (χ4n) is 3.80. The van der Waals surface area contributed by atoms with Crippen molar-refractivity contribution in [1.82, 2.24) is 20.2 Å². The molecule has 2 aliphatic heterocycles. The predicted molar refractivity (Wildman–Crippen MR) is 114 cm³/mol. The van der Waals surface area contributed by atoms with Gasteiger partial charge in [-0.05, 0) is 30.2 Å². The molecule has 8 heteroatoms. The highest BCUT2D eigenvalue weighted by atomic mass is 16.2. The van der Waals surface area contributed by atoms with Crippen molar-refractivity contribution in [3.8, 4) is 0 Å². The third kappa shape index (κ3) is 4.47. The summed E-state index contributed by atoms with van der Waals surface area (Å²) < 4.78 is 0. The molecule has 1 aromatic heterocycles. The SMILES string of the molecule is CN=C(NCc1ccc(N2CCCC2=O)cc1)N1CCN(c2ncccn2)CC1. The second kappa shape index (κ2) is 8.89. The predicted octanol–water partition coefficient (Wildman–Crippen LogP) is 1.50. The first-order valence-electron chi connectivity index (χ1n) is 10.1. The van der Waals surface area contributed by atoms with E-state index in [-0.39, 0.29) is 5.91 Å². The molecular weight excluding hydrogens is 366 g/mol. The first-order valence-corrected chi connectivity index (χ1v) is 10.1. The van der Waals surface area contributed by atoms with Crippen LogP contribution < -0.4 is 15.1 Å².